The number of amides is 2. The van der Waals surface area contributed by atoms with Crippen LogP contribution in [0.25, 0.3) is 0 Å². The lowest BCUT2D eigenvalue weighted by atomic mass is 9.92. The summed E-state index contributed by atoms with van der Waals surface area (Å²) in [5, 5.41) is 9.16. The second-order valence-electron chi connectivity index (χ2n) is 7.15. The van der Waals surface area contributed by atoms with Gasteiger partial charge in [0.1, 0.15) is 11.6 Å². The van der Waals surface area contributed by atoms with E-state index in [1.165, 1.54) is 4.90 Å². The molecule has 0 spiro atoms. The summed E-state index contributed by atoms with van der Waals surface area (Å²) in [4.78, 5) is 39.4. The van der Waals surface area contributed by atoms with E-state index in [2.05, 4.69) is 0 Å². The highest BCUT2D eigenvalue weighted by Gasteiger charge is 2.34. The van der Waals surface area contributed by atoms with Gasteiger partial charge in [0, 0.05) is 38.2 Å². The van der Waals surface area contributed by atoms with Gasteiger partial charge >= 0.3 is 5.97 Å². The van der Waals surface area contributed by atoms with Crippen LogP contribution in [0.2, 0.25) is 0 Å². The number of piperidine rings is 2. The molecule has 146 valence electrons. The maximum Gasteiger partial charge on any atom is 0.308 e. The first-order chi connectivity index (χ1) is 12.9. The van der Waals surface area contributed by atoms with Gasteiger partial charge in [-0.3, -0.25) is 14.4 Å². The zero-order valence-electron chi connectivity index (χ0n) is 14.9. The number of nitrogens with zero attached hydrogens (tertiary/aromatic N) is 2. The molecule has 2 aliphatic heterocycles. The van der Waals surface area contributed by atoms with Crippen LogP contribution in [0.1, 0.15) is 36.0 Å². The average Bonchev–Trinajstić information content (AvgIpc) is 2.67. The zero-order valence-corrected chi connectivity index (χ0v) is 14.9. The Hall–Kier alpha value is -2.51. The Morgan fingerprint density at radius 1 is 0.963 bits per heavy atom. The predicted molar refractivity (Wildman–Crippen MR) is 91.9 cm³/mol. The molecule has 1 N–H and O–H groups in total. The van der Waals surface area contributed by atoms with Crippen LogP contribution in [-0.4, -0.2) is 58.9 Å². The van der Waals surface area contributed by atoms with Crippen molar-refractivity contribution < 1.29 is 28.3 Å². The van der Waals surface area contributed by atoms with Crippen molar-refractivity contribution in [1.29, 1.82) is 0 Å². The number of aliphatic carboxylic acids is 1. The van der Waals surface area contributed by atoms with E-state index >= 15 is 0 Å². The van der Waals surface area contributed by atoms with Gasteiger partial charge in [-0.1, -0.05) is 0 Å². The fourth-order valence-electron chi connectivity index (χ4n) is 3.80. The summed E-state index contributed by atoms with van der Waals surface area (Å²) in [5.41, 5.74) is -0.179. The third-order valence-electron chi connectivity index (χ3n) is 5.38. The number of carbonyl (C=O) groups is 3. The standard InChI is InChI=1S/C19H22F2N2O4/c20-14-3-4-15(16(21)10-14)18(25)22-8-5-12(6-9-22)17(24)23-7-1-2-13(11-23)19(26)27/h3-4,10,12-13H,1-2,5-9,11H2,(H,26,27)/t13-/m0/s1. The van der Waals surface area contributed by atoms with Crippen LogP contribution in [0.4, 0.5) is 8.78 Å². The van der Waals surface area contributed by atoms with Crippen molar-refractivity contribution in [2.45, 2.75) is 25.7 Å². The molecular weight excluding hydrogens is 358 g/mol. The van der Waals surface area contributed by atoms with Crippen molar-refractivity contribution >= 4 is 17.8 Å². The number of carbonyl (C=O) groups excluding carboxylic acids is 2. The molecule has 1 atom stereocenters. The molecule has 0 aromatic heterocycles. The molecular formula is C19H22F2N2O4. The lowest BCUT2D eigenvalue weighted by molar-refractivity contribution is -0.147. The molecule has 27 heavy (non-hydrogen) atoms. The van der Waals surface area contributed by atoms with Crippen molar-refractivity contribution in [2.75, 3.05) is 26.2 Å². The largest absolute Gasteiger partial charge is 0.481 e. The molecule has 3 rings (SSSR count). The zero-order chi connectivity index (χ0) is 19.6. The van der Waals surface area contributed by atoms with Gasteiger partial charge in [-0.05, 0) is 37.8 Å². The Labute approximate surface area is 155 Å². The van der Waals surface area contributed by atoms with Crippen molar-refractivity contribution in [3.05, 3.63) is 35.4 Å². The summed E-state index contributed by atoms with van der Waals surface area (Å²) in [5.74, 6) is -3.89. The third kappa shape index (κ3) is 4.26. The molecule has 6 nitrogen and oxygen atoms in total. The van der Waals surface area contributed by atoms with Crippen LogP contribution in [0.15, 0.2) is 18.2 Å². The van der Waals surface area contributed by atoms with Gasteiger partial charge in [0.05, 0.1) is 11.5 Å². The van der Waals surface area contributed by atoms with Crippen molar-refractivity contribution in [3.63, 3.8) is 0 Å². The first-order valence-corrected chi connectivity index (χ1v) is 9.12. The normalized spacial score (nSPS) is 21.2. The van der Waals surface area contributed by atoms with Crippen molar-refractivity contribution in [3.8, 4) is 0 Å². The van der Waals surface area contributed by atoms with Gasteiger partial charge in [-0.15, -0.1) is 0 Å². The average molecular weight is 380 g/mol. The Kier molecular flexibility index (Phi) is 5.72. The van der Waals surface area contributed by atoms with Crippen LogP contribution < -0.4 is 0 Å². The number of carboxylic acid groups (broad SMARTS) is 1. The van der Waals surface area contributed by atoms with Gasteiger partial charge in [-0.25, -0.2) is 8.78 Å². The minimum absolute atomic E-state index is 0.0685. The lowest BCUT2D eigenvalue weighted by Crippen LogP contribution is -2.48. The van der Waals surface area contributed by atoms with Gasteiger partial charge in [0.15, 0.2) is 0 Å². The van der Waals surface area contributed by atoms with Gasteiger partial charge in [-0.2, -0.15) is 0 Å². The number of carboxylic acids is 1. The number of halogens is 2. The van der Waals surface area contributed by atoms with E-state index in [4.69, 9.17) is 5.11 Å². The summed E-state index contributed by atoms with van der Waals surface area (Å²) < 4.78 is 26.8. The van der Waals surface area contributed by atoms with Crippen LogP contribution in [0.3, 0.4) is 0 Å². The van der Waals surface area contributed by atoms with Crippen LogP contribution >= 0.6 is 0 Å². The van der Waals surface area contributed by atoms with Gasteiger partial charge in [0.25, 0.3) is 5.91 Å². The highest BCUT2D eigenvalue weighted by molar-refractivity contribution is 5.94. The Morgan fingerprint density at radius 3 is 2.30 bits per heavy atom. The molecule has 2 aliphatic rings. The molecule has 2 amide bonds. The minimum atomic E-state index is -0.897. The molecule has 0 radical (unpaired) electrons. The fourth-order valence-corrected chi connectivity index (χ4v) is 3.80. The smallest absolute Gasteiger partial charge is 0.308 e. The van der Waals surface area contributed by atoms with Crippen molar-refractivity contribution in [1.82, 2.24) is 9.80 Å². The number of hydrogen-bond acceptors (Lipinski definition) is 3. The quantitative estimate of drug-likeness (QED) is 0.872. The molecule has 0 unspecified atom stereocenters. The Balaban J connectivity index is 1.57. The maximum absolute atomic E-state index is 13.8. The van der Waals surface area contributed by atoms with Gasteiger partial charge < -0.3 is 14.9 Å². The van der Waals surface area contributed by atoms with Crippen LogP contribution in [0.5, 0.6) is 0 Å². The van der Waals surface area contributed by atoms with E-state index in [0.29, 0.717) is 51.4 Å². The highest BCUT2D eigenvalue weighted by Crippen LogP contribution is 2.25. The van der Waals surface area contributed by atoms with E-state index in [1.807, 2.05) is 0 Å². The number of benzene rings is 1. The Bertz CT molecular complexity index is 747. The predicted octanol–water partition coefficient (Wildman–Crippen LogP) is 2.14. The van der Waals surface area contributed by atoms with E-state index in [9.17, 15) is 23.2 Å². The topological polar surface area (TPSA) is 77.9 Å². The van der Waals surface area contributed by atoms with E-state index in [-0.39, 0.29) is 23.9 Å². The summed E-state index contributed by atoms with van der Waals surface area (Å²) >= 11 is 0. The molecule has 1 aromatic carbocycles. The first kappa shape index (κ1) is 19.3. The molecule has 2 saturated heterocycles. The number of likely N-dealkylation sites (tertiary alicyclic amines) is 2. The highest BCUT2D eigenvalue weighted by atomic mass is 19.1. The summed E-state index contributed by atoms with van der Waals surface area (Å²) in [6.07, 6.45) is 2.14. The molecule has 0 bridgehead atoms. The Morgan fingerprint density at radius 2 is 1.67 bits per heavy atom. The number of hydrogen-bond donors (Lipinski definition) is 1. The SMILES string of the molecule is O=C(O)[C@H]1CCCN(C(=O)C2CCN(C(=O)c3ccc(F)cc3F)CC2)C1. The molecule has 2 fully saturated rings. The van der Waals surface area contributed by atoms with E-state index in [0.717, 1.165) is 12.1 Å². The first-order valence-electron chi connectivity index (χ1n) is 9.12. The molecule has 8 heteroatoms. The molecule has 2 heterocycles. The van der Waals surface area contributed by atoms with Crippen LogP contribution in [-0.2, 0) is 9.59 Å². The molecule has 0 aliphatic carbocycles. The second kappa shape index (κ2) is 8.02. The van der Waals surface area contributed by atoms with Crippen molar-refractivity contribution in [2.24, 2.45) is 11.8 Å². The van der Waals surface area contributed by atoms with E-state index in [1.54, 1.807) is 4.90 Å². The second-order valence-corrected chi connectivity index (χ2v) is 7.15. The van der Waals surface area contributed by atoms with Gasteiger partial charge in [0.2, 0.25) is 5.91 Å². The maximum atomic E-state index is 13.8. The summed E-state index contributed by atoms with van der Waals surface area (Å²) in [7, 11) is 0. The summed E-state index contributed by atoms with van der Waals surface area (Å²) in [6.45, 7) is 1.40. The minimum Gasteiger partial charge on any atom is -0.481 e. The fraction of sp³-hybridized carbons (Fsp3) is 0.526. The van der Waals surface area contributed by atoms with Crippen LogP contribution in [0, 0.1) is 23.5 Å². The molecule has 1 aromatic rings. The van der Waals surface area contributed by atoms with E-state index < -0.39 is 29.4 Å². The monoisotopic (exact) mass is 380 g/mol. The third-order valence-corrected chi connectivity index (χ3v) is 5.38. The summed E-state index contributed by atoms with van der Waals surface area (Å²) in [6, 6.07) is 2.85. The number of rotatable bonds is 3. The lowest BCUT2D eigenvalue weighted by Gasteiger charge is -2.37. The molecule has 0 saturated carbocycles.